The summed E-state index contributed by atoms with van der Waals surface area (Å²) in [5, 5.41) is 16.2. The summed E-state index contributed by atoms with van der Waals surface area (Å²) in [4.78, 5) is 23.2. The summed E-state index contributed by atoms with van der Waals surface area (Å²) in [7, 11) is 0. The number of fused-ring (bicyclic) bond motifs is 1. The zero-order chi connectivity index (χ0) is 27.9. The molecule has 9 nitrogen and oxygen atoms in total. The first-order valence-electron chi connectivity index (χ1n) is 13.5. The molecule has 0 fully saturated rings. The number of hydroxylamine groups is 1. The molecule has 1 atom stereocenters. The number of rotatable bonds is 18. The lowest BCUT2D eigenvalue weighted by Crippen LogP contribution is -2.22. The van der Waals surface area contributed by atoms with Gasteiger partial charge in [0, 0.05) is 24.7 Å². The Kier molecular flexibility index (Phi) is 12.2. The minimum atomic E-state index is -0.313. The van der Waals surface area contributed by atoms with Crippen molar-refractivity contribution in [3.05, 3.63) is 73.6 Å². The number of nitrogens with one attached hydrogen (secondary N) is 4. The average Bonchev–Trinajstić information content (AvgIpc) is 3.40. The number of unbranched alkanes of at least 4 members (excludes halogenated alkanes) is 4. The van der Waals surface area contributed by atoms with Crippen molar-refractivity contribution < 1.29 is 14.7 Å². The van der Waals surface area contributed by atoms with Gasteiger partial charge in [-0.15, -0.1) is 0 Å². The first-order chi connectivity index (χ1) is 19.0. The number of hydrogen-bond acceptors (Lipinski definition) is 7. The van der Waals surface area contributed by atoms with E-state index in [-0.39, 0.29) is 11.9 Å². The van der Waals surface area contributed by atoms with E-state index in [4.69, 9.17) is 9.94 Å². The summed E-state index contributed by atoms with van der Waals surface area (Å²) in [6.45, 7) is 12.0. The Bertz CT molecular complexity index is 1240. The number of nitrogens with zero attached hydrogens (tertiary/aromatic N) is 2. The van der Waals surface area contributed by atoms with Crippen LogP contribution in [0.15, 0.2) is 73.6 Å². The van der Waals surface area contributed by atoms with Crippen LogP contribution in [0.5, 0.6) is 5.75 Å². The Hall–Kier alpha value is -3.95. The Morgan fingerprint density at radius 3 is 2.62 bits per heavy atom. The number of allylic oxidation sites excluding steroid dienone is 2. The van der Waals surface area contributed by atoms with E-state index in [1.165, 1.54) is 0 Å². The molecule has 2 heterocycles. The largest absolute Gasteiger partial charge is 0.492 e. The summed E-state index contributed by atoms with van der Waals surface area (Å²) in [6.07, 6.45) is 12.5. The van der Waals surface area contributed by atoms with Crippen LogP contribution in [-0.2, 0) is 4.79 Å². The molecule has 1 amide bonds. The fraction of sp³-hybridized carbons (Fsp3) is 0.367. The molecule has 0 radical (unpaired) electrons. The van der Waals surface area contributed by atoms with Crippen LogP contribution in [0.3, 0.4) is 0 Å². The van der Waals surface area contributed by atoms with Crippen molar-refractivity contribution >= 4 is 22.8 Å². The molecule has 5 N–H and O–H groups in total. The van der Waals surface area contributed by atoms with Crippen molar-refractivity contribution in [2.24, 2.45) is 0 Å². The number of ether oxygens (including phenoxy) is 1. The lowest BCUT2D eigenvalue weighted by molar-refractivity contribution is -0.129. The van der Waals surface area contributed by atoms with Crippen molar-refractivity contribution in [1.82, 2.24) is 25.7 Å². The van der Waals surface area contributed by atoms with E-state index in [0.29, 0.717) is 13.0 Å². The third-order valence-electron chi connectivity index (χ3n) is 6.42. The lowest BCUT2D eigenvalue weighted by atomic mass is 10.1. The number of carbonyl (C=O) groups excluding carboxylic acids is 1. The van der Waals surface area contributed by atoms with Crippen molar-refractivity contribution in [2.45, 2.75) is 51.5 Å². The fourth-order valence-electron chi connectivity index (χ4n) is 4.24. The highest BCUT2D eigenvalue weighted by Gasteiger charge is 2.13. The van der Waals surface area contributed by atoms with Gasteiger partial charge in [-0.25, -0.2) is 15.4 Å². The number of carbonyl (C=O) groups is 1. The van der Waals surface area contributed by atoms with E-state index in [1.807, 2.05) is 36.4 Å². The molecule has 0 spiro atoms. The molecular weight excluding hydrogens is 492 g/mol. The van der Waals surface area contributed by atoms with Crippen molar-refractivity contribution in [3.8, 4) is 17.0 Å². The van der Waals surface area contributed by atoms with E-state index >= 15 is 0 Å². The maximum Gasteiger partial charge on any atom is 0.243 e. The second kappa shape index (κ2) is 16.1. The van der Waals surface area contributed by atoms with Crippen molar-refractivity contribution in [3.63, 3.8) is 0 Å². The molecule has 0 saturated heterocycles. The Balaban J connectivity index is 1.43. The Morgan fingerprint density at radius 1 is 1.10 bits per heavy atom. The van der Waals surface area contributed by atoms with Crippen LogP contribution in [0.1, 0.15) is 45.4 Å². The van der Waals surface area contributed by atoms with Gasteiger partial charge in [0.15, 0.2) is 0 Å². The molecule has 39 heavy (non-hydrogen) atoms. The molecule has 9 heteroatoms. The molecule has 2 aromatic heterocycles. The van der Waals surface area contributed by atoms with Crippen molar-refractivity contribution in [2.75, 3.05) is 25.0 Å². The Labute approximate surface area is 230 Å². The molecule has 208 valence electrons. The second-order valence-corrected chi connectivity index (χ2v) is 9.32. The number of anilines is 1. The van der Waals surface area contributed by atoms with Gasteiger partial charge in [-0.2, -0.15) is 0 Å². The van der Waals surface area contributed by atoms with Crippen LogP contribution < -0.4 is 20.9 Å². The van der Waals surface area contributed by atoms with Crippen LogP contribution in [0.25, 0.3) is 22.3 Å². The predicted molar refractivity (Wildman–Crippen MR) is 157 cm³/mol. The highest BCUT2D eigenvalue weighted by atomic mass is 16.5. The number of aromatic amines is 1. The number of aromatic nitrogens is 3. The summed E-state index contributed by atoms with van der Waals surface area (Å²) in [6, 6.07) is 10.1. The van der Waals surface area contributed by atoms with Crippen LogP contribution in [0.2, 0.25) is 0 Å². The van der Waals surface area contributed by atoms with Gasteiger partial charge >= 0.3 is 0 Å². The van der Waals surface area contributed by atoms with E-state index in [0.717, 1.165) is 84.6 Å². The lowest BCUT2D eigenvalue weighted by Gasteiger charge is -2.15. The molecule has 0 aliphatic carbocycles. The topological polar surface area (TPSA) is 124 Å². The fourth-order valence-corrected chi connectivity index (χ4v) is 4.24. The minimum Gasteiger partial charge on any atom is -0.492 e. The molecule has 0 saturated carbocycles. The number of amides is 1. The summed E-state index contributed by atoms with van der Waals surface area (Å²) in [5.74, 6) is 1.27. The van der Waals surface area contributed by atoms with E-state index in [9.17, 15) is 4.79 Å². The zero-order valence-electron chi connectivity index (χ0n) is 22.7. The SMILES string of the molecule is C=C/C=C(\C=C)[C@@H](C)Nc1ncnc2[nH]c(-c3ccc(OCCNCCCCCCCC(=O)NO)cc3)cc12. The van der Waals surface area contributed by atoms with Crippen LogP contribution in [-0.4, -0.2) is 51.8 Å². The summed E-state index contributed by atoms with van der Waals surface area (Å²) >= 11 is 0. The van der Waals surface area contributed by atoms with Gasteiger partial charge < -0.3 is 20.4 Å². The molecule has 0 aliphatic heterocycles. The van der Waals surface area contributed by atoms with Gasteiger partial charge in [-0.05, 0) is 67.8 Å². The summed E-state index contributed by atoms with van der Waals surface area (Å²) < 4.78 is 5.88. The van der Waals surface area contributed by atoms with Crippen LogP contribution in [0, 0.1) is 0 Å². The van der Waals surface area contributed by atoms with Gasteiger partial charge in [0.1, 0.15) is 30.1 Å². The van der Waals surface area contributed by atoms with Crippen LogP contribution in [0.4, 0.5) is 5.82 Å². The second-order valence-electron chi connectivity index (χ2n) is 9.32. The van der Waals surface area contributed by atoms with Gasteiger partial charge in [-0.3, -0.25) is 10.0 Å². The predicted octanol–water partition coefficient (Wildman–Crippen LogP) is 5.54. The van der Waals surface area contributed by atoms with Gasteiger partial charge in [0.05, 0.1) is 5.39 Å². The molecule has 0 bridgehead atoms. The average molecular weight is 533 g/mol. The standard InChI is InChI=1S/C30H40N6O3/c1-4-11-23(5-2)22(3)34-29-26-20-27(35-30(26)33-21-32-29)24-13-15-25(16-14-24)39-19-18-31-17-10-8-6-7-9-12-28(37)36-38/h4-5,11,13-16,20-22,31,38H,1-2,6-10,12,17-19H2,3H3,(H,36,37)(H2,32,33,34,35)/b23-11+/t22-/m1/s1. The molecule has 0 unspecified atom stereocenters. The third-order valence-corrected chi connectivity index (χ3v) is 6.42. The monoisotopic (exact) mass is 532 g/mol. The van der Waals surface area contributed by atoms with Gasteiger partial charge in [0.25, 0.3) is 0 Å². The molecule has 3 aromatic rings. The quantitative estimate of drug-likeness (QED) is 0.0631. The van der Waals surface area contributed by atoms with Crippen LogP contribution >= 0.6 is 0 Å². The van der Waals surface area contributed by atoms with Gasteiger partial charge in [0.2, 0.25) is 5.91 Å². The smallest absolute Gasteiger partial charge is 0.243 e. The highest BCUT2D eigenvalue weighted by Crippen LogP contribution is 2.28. The number of benzene rings is 1. The van der Waals surface area contributed by atoms with Gasteiger partial charge in [-0.1, -0.05) is 50.6 Å². The van der Waals surface area contributed by atoms with E-state index in [1.54, 1.807) is 17.9 Å². The molecular formula is C30H40N6O3. The molecule has 0 aliphatic rings. The first kappa shape index (κ1) is 29.6. The van der Waals surface area contributed by atoms with E-state index in [2.05, 4.69) is 51.7 Å². The van der Waals surface area contributed by atoms with E-state index < -0.39 is 0 Å². The zero-order valence-corrected chi connectivity index (χ0v) is 22.7. The number of hydrogen-bond donors (Lipinski definition) is 5. The maximum absolute atomic E-state index is 11.0. The number of H-pyrrole nitrogens is 1. The molecule has 3 rings (SSSR count). The minimum absolute atomic E-state index is 0.0155. The van der Waals surface area contributed by atoms with Crippen molar-refractivity contribution in [1.29, 1.82) is 0 Å². The maximum atomic E-state index is 11.0. The normalized spacial score (nSPS) is 12.2. The highest BCUT2D eigenvalue weighted by molar-refractivity contribution is 5.91. The summed E-state index contributed by atoms with van der Waals surface area (Å²) in [5.41, 5.74) is 5.44. The molecule has 1 aromatic carbocycles. The first-order valence-corrected chi connectivity index (χ1v) is 13.5. The third kappa shape index (κ3) is 9.38. The Morgan fingerprint density at radius 2 is 1.87 bits per heavy atom.